The number of nitrogens with zero attached hydrogens (tertiary/aromatic N) is 3. The van der Waals surface area contributed by atoms with Gasteiger partial charge in [0.2, 0.25) is 0 Å². The van der Waals surface area contributed by atoms with Gasteiger partial charge in [-0.25, -0.2) is 15.4 Å². The molecular weight excluding hydrogens is 378 g/mol. The molecule has 30 heavy (non-hydrogen) atoms. The van der Waals surface area contributed by atoms with E-state index in [0.717, 1.165) is 65.8 Å². The molecule has 4 aromatic rings. The van der Waals surface area contributed by atoms with Crippen molar-refractivity contribution in [3.63, 3.8) is 0 Å². The molecule has 0 unspecified atom stereocenters. The quantitative estimate of drug-likeness (QED) is 0.417. The van der Waals surface area contributed by atoms with Gasteiger partial charge in [-0.15, -0.1) is 0 Å². The second kappa shape index (κ2) is 6.93. The van der Waals surface area contributed by atoms with Gasteiger partial charge in [-0.1, -0.05) is 12.1 Å². The lowest BCUT2D eigenvalue weighted by Crippen LogP contribution is -2.10. The number of imidazole rings is 1. The number of hydrogen-bond acceptors (Lipinski definition) is 7. The molecule has 0 atom stereocenters. The molecule has 6 rings (SSSR count). The Kier molecular flexibility index (Phi) is 3.95. The largest absolute Gasteiger partial charge is 0.491 e. The fourth-order valence-electron chi connectivity index (χ4n) is 3.88. The molecule has 2 aliphatic rings. The maximum Gasteiger partial charge on any atom is 0.180 e. The minimum Gasteiger partial charge on any atom is -0.491 e. The van der Waals surface area contributed by atoms with E-state index in [1.807, 2.05) is 28.9 Å². The highest BCUT2D eigenvalue weighted by Crippen LogP contribution is 2.33. The summed E-state index contributed by atoms with van der Waals surface area (Å²) in [4.78, 5) is 9.39. The van der Waals surface area contributed by atoms with Crippen LogP contribution in [-0.4, -0.2) is 27.5 Å². The molecule has 0 saturated heterocycles. The summed E-state index contributed by atoms with van der Waals surface area (Å²) >= 11 is 0. The highest BCUT2D eigenvalue weighted by molar-refractivity contribution is 5.77. The summed E-state index contributed by atoms with van der Waals surface area (Å²) < 4.78 is 7.79. The number of anilines is 4. The highest BCUT2D eigenvalue weighted by Gasteiger charge is 2.15. The van der Waals surface area contributed by atoms with E-state index in [0.29, 0.717) is 5.82 Å². The predicted octanol–water partition coefficient (Wildman–Crippen LogP) is 3.76. The molecule has 8 nitrogen and oxygen atoms in total. The Morgan fingerprint density at radius 2 is 2.10 bits per heavy atom. The summed E-state index contributed by atoms with van der Waals surface area (Å²) in [7, 11) is 0. The van der Waals surface area contributed by atoms with Crippen LogP contribution in [0, 0.1) is 0 Å². The Hall–Kier alpha value is -3.78. The lowest BCUT2D eigenvalue weighted by molar-refractivity contribution is 0.323. The smallest absolute Gasteiger partial charge is 0.180 e. The maximum absolute atomic E-state index is 5.79. The summed E-state index contributed by atoms with van der Waals surface area (Å²) in [5.74, 6) is 1.59. The molecule has 2 aromatic heterocycles. The Bertz CT molecular complexity index is 1250. The molecule has 4 heterocycles. The van der Waals surface area contributed by atoms with Gasteiger partial charge in [0.25, 0.3) is 0 Å². The zero-order valence-corrected chi connectivity index (χ0v) is 16.3. The van der Waals surface area contributed by atoms with Crippen LogP contribution in [0.4, 0.5) is 22.9 Å². The van der Waals surface area contributed by atoms with E-state index in [4.69, 9.17) is 9.72 Å². The Morgan fingerprint density at radius 3 is 3.10 bits per heavy atom. The Morgan fingerprint density at radius 1 is 1.10 bits per heavy atom. The van der Waals surface area contributed by atoms with Gasteiger partial charge in [-0.2, -0.15) is 0 Å². The average molecular weight is 399 g/mol. The Labute approximate surface area is 173 Å². The third-order valence-corrected chi connectivity index (χ3v) is 5.42. The van der Waals surface area contributed by atoms with E-state index >= 15 is 0 Å². The number of hydrazine groups is 1. The summed E-state index contributed by atoms with van der Waals surface area (Å²) in [5, 5.41) is 6.87. The number of rotatable bonds is 3. The van der Waals surface area contributed by atoms with Gasteiger partial charge in [0.05, 0.1) is 23.7 Å². The van der Waals surface area contributed by atoms with E-state index in [9.17, 15) is 0 Å². The van der Waals surface area contributed by atoms with Crippen molar-refractivity contribution in [2.24, 2.45) is 0 Å². The molecule has 0 saturated carbocycles. The zero-order chi connectivity index (χ0) is 19.9. The number of aromatic nitrogens is 3. The number of hydrogen-bond donors (Lipinski definition) is 4. The summed E-state index contributed by atoms with van der Waals surface area (Å²) in [6.07, 6.45) is 6.71. The van der Waals surface area contributed by atoms with E-state index in [2.05, 4.69) is 50.7 Å². The fraction of sp³-hybridized carbons (Fsp3) is 0.182. The van der Waals surface area contributed by atoms with E-state index in [1.165, 1.54) is 5.56 Å². The first-order chi connectivity index (χ1) is 14.8. The van der Waals surface area contributed by atoms with Crippen molar-refractivity contribution in [3.05, 3.63) is 60.6 Å². The Balaban J connectivity index is 1.39. The molecule has 4 N–H and O–H groups in total. The predicted molar refractivity (Wildman–Crippen MR) is 117 cm³/mol. The van der Waals surface area contributed by atoms with Crippen LogP contribution in [0.3, 0.4) is 0 Å². The highest BCUT2D eigenvalue weighted by atomic mass is 16.5. The van der Waals surface area contributed by atoms with Crippen LogP contribution in [0.5, 0.6) is 5.75 Å². The molecule has 0 fully saturated rings. The number of fused-ring (bicyclic) bond motifs is 3. The standard InChI is InChI=1S/C22H21N7O/c1-6-23-18-11-16(4-5-20(18)30-9-1)26-21-22-24-7-8-29(22)13-19(27-21)14-2-3-15-12-25-28-17(15)10-14/h2-5,7-8,10-11,13,23,25,28H,1,6,9,12H2,(H,26,27). The van der Waals surface area contributed by atoms with Crippen molar-refractivity contribution >= 4 is 28.5 Å². The maximum atomic E-state index is 5.79. The molecule has 0 aliphatic carbocycles. The van der Waals surface area contributed by atoms with Crippen molar-refractivity contribution in [1.82, 2.24) is 19.8 Å². The van der Waals surface area contributed by atoms with E-state index in [-0.39, 0.29) is 0 Å². The second-order valence-corrected chi connectivity index (χ2v) is 7.45. The number of nitrogens with one attached hydrogen (secondary N) is 4. The van der Waals surface area contributed by atoms with Crippen LogP contribution >= 0.6 is 0 Å². The molecular formula is C22H21N7O. The van der Waals surface area contributed by atoms with Crippen molar-refractivity contribution in [3.8, 4) is 17.0 Å². The van der Waals surface area contributed by atoms with Gasteiger partial charge in [0.15, 0.2) is 11.5 Å². The first-order valence-electron chi connectivity index (χ1n) is 10.1. The molecule has 0 radical (unpaired) electrons. The van der Waals surface area contributed by atoms with Gasteiger partial charge < -0.3 is 25.2 Å². The molecule has 8 heteroatoms. The van der Waals surface area contributed by atoms with Crippen molar-refractivity contribution in [2.75, 3.05) is 29.2 Å². The third kappa shape index (κ3) is 2.98. The van der Waals surface area contributed by atoms with Gasteiger partial charge >= 0.3 is 0 Å². The summed E-state index contributed by atoms with van der Waals surface area (Å²) in [6, 6.07) is 12.4. The van der Waals surface area contributed by atoms with Gasteiger partial charge in [0, 0.05) is 42.9 Å². The first-order valence-corrected chi connectivity index (χ1v) is 10.1. The SMILES string of the molecule is c1cn2cc(-c3ccc4c(c3)NNC4)nc(Nc3ccc4c(c3)NCCCO4)c2n1. The van der Waals surface area contributed by atoms with Crippen LogP contribution < -0.4 is 26.2 Å². The molecule has 0 bridgehead atoms. The van der Waals surface area contributed by atoms with E-state index < -0.39 is 0 Å². The normalized spacial score (nSPS) is 14.8. The van der Waals surface area contributed by atoms with Gasteiger partial charge in [0.1, 0.15) is 5.75 Å². The lowest BCUT2D eigenvalue weighted by atomic mass is 10.1. The first kappa shape index (κ1) is 17.1. The van der Waals surface area contributed by atoms with Gasteiger partial charge in [-0.05, 0) is 36.2 Å². The molecule has 150 valence electrons. The second-order valence-electron chi connectivity index (χ2n) is 7.45. The summed E-state index contributed by atoms with van der Waals surface area (Å²) in [5.41, 5.74) is 13.3. The number of ether oxygens (including phenoxy) is 1. The zero-order valence-electron chi connectivity index (χ0n) is 16.3. The monoisotopic (exact) mass is 399 g/mol. The van der Waals surface area contributed by atoms with Crippen molar-refractivity contribution < 1.29 is 4.74 Å². The van der Waals surface area contributed by atoms with Crippen LogP contribution in [0.15, 0.2) is 55.0 Å². The topological polar surface area (TPSA) is 87.5 Å². The van der Waals surface area contributed by atoms with Crippen LogP contribution in [-0.2, 0) is 6.54 Å². The van der Waals surface area contributed by atoms with E-state index in [1.54, 1.807) is 6.20 Å². The fourth-order valence-corrected chi connectivity index (χ4v) is 3.88. The number of benzene rings is 2. The third-order valence-electron chi connectivity index (χ3n) is 5.42. The van der Waals surface area contributed by atoms with Crippen molar-refractivity contribution in [2.45, 2.75) is 13.0 Å². The van der Waals surface area contributed by atoms with Crippen molar-refractivity contribution in [1.29, 1.82) is 0 Å². The molecule has 0 amide bonds. The lowest BCUT2D eigenvalue weighted by Gasteiger charge is -2.13. The van der Waals surface area contributed by atoms with Crippen LogP contribution in [0.2, 0.25) is 0 Å². The molecule has 2 aliphatic heterocycles. The van der Waals surface area contributed by atoms with Crippen LogP contribution in [0.1, 0.15) is 12.0 Å². The van der Waals surface area contributed by atoms with Gasteiger partial charge in [-0.3, -0.25) is 0 Å². The van der Waals surface area contributed by atoms with Crippen LogP contribution in [0.25, 0.3) is 16.9 Å². The molecule has 0 spiro atoms. The average Bonchev–Trinajstić information content (AvgIpc) is 3.37. The summed E-state index contributed by atoms with van der Waals surface area (Å²) in [6.45, 7) is 2.46. The minimum atomic E-state index is 0.707. The molecule has 2 aromatic carbocycles. The minimum absolute atomic E-state index is 0.707.